The second kappa shape index (κ2) is 4.70. The quantitative estimate of drug-likeness (QED) is 0.697. The van der Waals surface area contributed by atoms with Gasteiger partial charge in [-0.05, 0) is 30.3 Å². The zero-order valence-corrected chi connectivity index (χ0v) is 9.82. The lowest BCUT2D eigenvalue weighted by molar-refractivity contribution is 0.458. The van der Waals surface area contributed by atoms with E-state index >= 15 is 0 Å². The van der Waals surface area contributed by atoms with Crippen molar-refractivity contribution in [3.63, 3.8) is 0 Å². The molecule has 0 fully saturated rings. The first-order valence-corrected chi connectivity index (χ1v) is 5.62. The van der Waals surface area contributed by atoms with Crippen LogP contribution in [0.1, 0.15) is 5.56 Å². The molecule has 0 aliphatic rings. The van der Waals surface area contributed by atoms with Gasteiger partial charge in [-0.25, -0.2) is 0 Å². The van der Waals surface area contributed by atoms with Crippen LogP contribution in [0.25, 0.3) is 10.9 Å². The van der Waals surface area contributed by atoms with Gasteiger partial charge < -0.3 is 4.74 Å². The summed E-state index contributed by atoms with van der Waals surface area (Å²) in [5.74, 6) is 0.795. The van der Waals surface area contributed by atoms with Gasteiger partial charge in [0, 0.05) is 11.6 Å². The number of fused-ring (bicyclic) bond motifs is 1. The summed E-state index contributed by atoms with van der Waals surface area (Å²) in [6.45, 7) is 0. The molecule has 0 aliphatic heterocycles. The van der Waals surface area contributed by atoms with Gasteiger partial charge in [0.1, 0.15) is 17.4 Å². The number of aromatic nitrogens is 3. The molecule has 0 saturated heterocycles. The van der Waals surface area contributed by atoms with Gasteiger partial charge in [0.2, 0.25) is 0 Å². The first kappa shape index (κ1) is 11.1. The van der Waals surface area contributed by atoms with E-state index in [4.69, 9.17) is 10.00 Å². The van der Waals surface area contributed by atoms with E-state index in [1.165, 1.54) is 6.20 Å². The Hall–Kier alpha value is -3.00. The third kappa shape index (κ3) is 2.07. The van der Waals surface area contributed by atoms with Crippen LogP contribution in [-0.2, 0) is 0 Å². The number of nitriles is 1. The van der Waals surface area contributed by atoms with Crippen LogP contribution in [0.5, 0.6) is 11.6 Å². The minimum atomic E-state index is 0.196. The highest BCUT2D eigenvalue weighted by Crippen LogP contribution is 2.28. The van der Waals surface area contributed by atoms with Crippen molar-refractivity contribution in [3.8, 4) is 17.7 Å². The summed E-state index contributed by atoms with van der Waals surface area (Å²) in [4.78, 5) is 4.25. The molecule has 0 aliphatic carbocycles. The van der Waals surface area contributed by atoms with Crippen molar-refractivity contribution in [2.75, 3.05) is 0 Å². The van der Waals surface area contributed by atoms with Gasteiger partial charge in [0.05, 0.1) is 11.7 Å². The van der Waals surface area contributed by atoms with E-state index in [2.05, 4.69) is 15.2 Å². The van der Waals surface area contributed by atoms with Crippen LogP contribution in [0.3, 0.4) is 0 Å². The molecule has 2 aromatic heterocycles. The van der Waals surface area contributed by atoms with Gasteiger partial charge in [-0.15, -0.1) is 5.10 Å². The molecule has 0 spiro atoms. The summed E-state index contributed by atoms with van der Waals surface area (Å²) >= 11 is 0. The van der Waals surface area contributed by atoms with Gasteiger partial charge in [0.15, 0.2) is 0 Å². The van der Waals surface area contributed by atoms with Crippen LogP contribution in [0.15, 0.2) is 48.8 Å². The molecule has 1 aromatic carbocycles. The summed E-state index contributed by atoms with van der Waals surface area (Å²) in [6.07, 6.45) is 3.17. The van der Waals surface area contributed by atoms with Crippen molar-refractivity contribution in [2.45, 2.75) is 0 Å². The average molecular weight is 248 g/mol. The molecule has 90 valence electrons. The Morgan fingerprint density at radius 3 is 2.89 bits per heavy atom. The van der Waals surface area contributed by atoms with Gasteiger partial charge >= 0.3 is 0 Å². The molecule has 5 nitrogen and oxygen atoms in total. The summed E-state index contributed by atoms with van der Waals surface area (Å²) < 4.78 is 5.68. The Bertz CT molecular complexity index is 774. The Morgan fingerprint density at radius 1 is 1.05 bits per heavy atom. The third-order valence-electron chi connectivity index (χ3n) is 2.62. The van der Waals surface area contributed by atoms with Crippen LogP contribution in [0.2, 0.25) is 0 Å². The molecule has 5 heteroatoms. The van der Waals surface area contributed by atoms with E-state index in [1.54, 1.807) is 18.3 Å². The summed E-state index contributed by atoms with van der Waals surface area (Å²) in [6, 6.07) is 12.9. The molecule has 0 saturated carbocycles. The fourth-order valence-corrected chi connectivity index (χ4v) is 1.75. The fraction of sp³-hybridized carbons (Fsp3) is 0. The highest BCUT2D eigenvalue weighted by Gasteiger charge is 2.08. The Morgan fingerprint density at radius 2 is 2.00 bits per heavy atom. The smallest absolute Gasteiger partial charge is 0.256 e. The highest BCUT2D eigenvalue weighted by molar-refractivity contribution is 5.85. The van der Waals surface area contributed by atoms with Crippen molar-refractivity contribution in [1.29, 1.82) is 5.26 Å². The number of nitrogens with zero attached hydrogens (tertiary/aromatic N) is 4. The number of hydrogen-bond acceptors (Lipinski definition) is 5. The monoisotopic (exact) mass is 248 g/mol. The van der Waals surface area contributed by atoms with Crippen LogP contribution in [0.4, 0.5) is 0 Å². The van der Waals surface area contributed by atoms with E-state index in [0.29, 0.717) is 11.3 Å². The first-order chi connectivity index (χ1) is 9.38. The zero-order chi connectivity index (χ0) is 13.1. The van der Waals surface area contributed by atoms with Crippen LogP contribution in [0, 0.1) is 11.3 Å². The number of ether oxygens (including phenoxy) is 1. The highest BCUT2D eigenvalue weighted by atomic mass is 16.5. The minimum Gasteiger partial charge on any atom is -0.436 e. The topological polar surface area (TPSA) is 71.7 Å². The third-order valence-corrected chi connectivity index (χ3v) is 2.62. The Kier molecular flexibility index (Phi) is 2.75. The second-order valence-electron chi connectivity index (χ2n) is 3.79. The Labute approximate surface area is 109 Å². The molecule has 2 heterocycles. The molecule has 3 aromatic rings. The molecule has 0 N–H and O–H groups in total. The summed E-state index contributed by atoms with van der Waals surface area (Å²) in [5, 5.41) is 17.4. The number of benzene rings is 1. The lowest BCUT2D eigenvalue weighted by Crippen LogP contribution is -1.94. The minimum absolute atomic E-state index is 0.196. The van der Waals surface area contributed by atoms with Crippen molar-refractivity contribution >= 4 is 10.9 Å². The van der Waals surface area contributed by atoms with Crippen molar-refractivity contribution in [2.24, 2.45) is 0 Å². The Balaban J connectivity index is 2.09. The van der Waals surface area contributed by atoms with Gasteiger partial charge in [-0.2, -0.15) is 10.4 Å². The molecule has 19 heavy (non-hydrogen) atoms. The zero-order valence-electron chi connectivity index (χ0n) is 9.82. The molecular weight excluding hydrogens is 240 g/mol. The lowest BCUT2D eigenvalue weighted by Gasteiger charge is -2.07. The first-order valence-electron chi connectivity index (χ1n) is 5.62. The molecule has 0 unspecified atom stereocenters. The maximum atomic E-state index is 9.00. The average Bonchev–Trinajstić information content (AvgIpc) is 2.48. The van der Waals surface area contributed by atoms with Crippen molar-refractivity contribution in [1.82, 2.24) is 15.2 Å². The molecule has 3 rings (SSSR count). The van der Waals surface area contributed by atoms with Crippen LogP contribution in [-0.4, -0.2) is 15.2 Å². The van der Waals surface area contributed by atoms with E-state index < -0.39 is 0 Å². The van der Waals surface area contributed by atoms with E-state index in [1.807, 2.05) is 30.3 Å². The fourth-order valence-electron chi connectivity index (χ4n) is 1.75. The van der Waals surface area contributed by atoms with Gasteiger partial charge in [-0.1, -0.05) is 6.07 Å². The number of rotatable bonds is 2. The summed E-state index contributed by atoms with van der Waals surface area (Å²) in [7, 11) is 0. The maximum Gasteiger partial charge on any atom is 0.256 e. The molecule has 0 radical (unpaired) electrons. The molecule has 0 amide bonds. The van der Waals surface area contributed by atoms with Crippen LogP contribution < -0.4 is 4.74 Å². The molecule has 0 bridgehead atoms. The molecule has 0 atom stereocenters. The van der Waals surface area contributed by atoms with E-state index in [-0.39, 0.29) is 5.88 Å². The standard InChI is InChI=1S/C14H8N4O/c15-9-10-6-8-17-18-14(10)19-13-5-1-4-12-11(13)3-2-7-16-12/h1-8H. The SMILES string of the molecule is N#Cc1ccnnc1Oc1cccc2ncccc12. The van der Waals surface area contributed by atoms with E-state index in [9.17, 15) is 0 Å². The number of pyridine rings is 1. The van der Waals surface area contributed by atoms with Gasteiger partial charge in [0.25, 0.3) is 5.88 Å². The largest absolute Gasteiger partial charge is 0.436 e. The van der Waals surface area contributed by atoms with Crippen molar-refractivity contribution < 1.29 is 4.74 Å². The predicted molar refractivity (Wildman–Crippen MR) is 68.6 cm³/mol. The number of hydrogen-bond donors (Lipinski definition) is 0. The molecular formula is C14H8N4O. The van der Waals surface area contributed by atoms with Crippen LogP contribution >= 0.6 is 0 Å². The predicted octanol–water partition coefficient (Wildman–Crippen LogP) is 2.69. The lowest BCUT2D eigenvalue weighted by atomic mass is 10.2. The second-order valence-corrected chi connectivity index (χ2v) is 3.79. The van der Waals surface area contributed by atoms with Gasteiger partial charge in [-0.3, -0.25) is 4.98 Å². The summed E-state index contributed by atoms with van der Waals surface area (Å²) in [5.41, 5.74) is 1.17. The normalized spacial score (nSPS) is 10.1. The van der Waals surface area contributed by atoms with E-state index in [0.717, 1.165) is 10.9 Å². The maximum absolute atomic E-state index is 9.00. The van der Waals surface area contributed by atoms with Crippen molar-refractivity contribution in [3.05, 3.63) is 54.4 Å².